The van der Waals surface area contributed by atoms with Crippen LogP contribution in [0.3, 0.4) is 0 Å². The molecule has 0 spiro atoms. The summed E-state index contributed by atoms with van der Waals surface area (Å²) in [5.74, 6) is 0.503. The van der Waals surface area contributed by atoms with Crippen LogP contribution in [0.15, 0.2) is 30.5 Å². The molecule has 0 bridgehead atoms. The zero-order chi connectivity index (χ0) is 23.6. The van der Waals surface area contributed by atoms with Gasteiger partial charge in [0.05, 0.1) is 0 Å². The quantitative estimate of drug-likeness (QED) is 0.495. The molecule has 3 heterocycles. The van der Waals surface area contributed by atoms with Gasteiger partial charge in [0, 0.05) is 49.8 Å². The van der Waals surface area contributed by atoms with Gasteiger partial charge in [0.2, 0.25) is 0 Å². The van der Waals surface area contributed by atoms with Gasteiger partial charge in [0.25, 0.3) is 0 Å². The number of anilines is 1. The van der Waals surface area contributed by atoms with Crippen molar-refractivity contribution in [3.63, 3.8) is 0 Å². The van der Waals surface area contributed by atoms with Gasteiger partial charge in [-0.05, 0) is 50.0 Å². The Hall–Kier alpha value is -3.50. The van der Waals surface area contributed by atoms with E-state index in [0.717, 1.165) is 24.5 Å². The number of hydrogen-bond donors (Lipinski definition) is 0. The van der Waals surface area contributed by atoms with Gasteiger partial charge in [0.15, 0.2) is 0 Å². The minimum atomic E-state index is -0.529. The SMILES string of the molecule is CC(C)(C)OC(=O)N1CCN(c2ccc(OC[C@@H]3CCn4cc([N+](=O)[O-])nc4O3)cc2)CC1. The van der Waals surface area contributed by atoms with Crippen molar-refractivity contribution in [2.24, 2.45) is 0 Å². The number of fused-ring (bicyclic) bond motifs is 1. The lowest BCUT2D eigenvalue weighted by Crippen LogP contribution is -2.50. The third-order valence-electron chi connectivity index (χ3n) is 5.45. The van der Waals surface area contributed by atoms with Gasteiger partial charge in [0.1, 0.15) is 30.3 Å². The first-order valence-electron chi connectivity index (χ1n) is 11.0. The molecule has 0 unspecified atom stereocenters. The minimum absolute atomic E-state index is 0.214. The van der Waals surface area contributed by atoms with Crippen molar-refractivity contribution in [2.75, 3.05) is 37.7 Å². The van der Waals surface area contributed by atoms with E-state index < -0.39 is 10.5 Å². The molecule has 11 heteroatoms. The van der Waals surface area contributed by atoms with Crippen LogP contribution in [0.4, 0.5) is 16.3 Å². The molecule has 33 heavy (non-hydrogen) atoms. The van der Waals surface area contributed by atoms with Gasteiger partial charge in [-0.1, -0.05) is 0 Å². The summed E-state index contributed by atoms with van der Waals surface area (Å²) in [6.07, 6.45) is 1.58. The van der Waals surface area contributed by atoms with E-state index in [1.165, 1.54) is 6.20 Å². The maximum absolute atomic E-state index is 12.2. The third kappa shape index (κ3) is 5.65. The Bertz CT molecular complexity index is 992. The summed E-state index contributed by atoms with van der Waals surface area (Å²) < 4.78 is 18.7. The van der Waals surface area contributed by atoms with Gasteiger partial charge >= 0.3 is 17.9 Å². The molecule has 0 N–H and O–H groups in total. The topological polar surface area (TPSA) is 112 Å². The second-order valence-electron chi connectivity index (χ2n) is 9.12. The van der Waals surface area contributed by atoms with Gasteiger partial charge < -0.3 is 34.1 Å². The smallest absolute Gasteiger partial charge is 0.414 e. The molecular weight excluding hydrogens is 430 g/mol. The Balaban J connectivity index is 1.25. The van der Waals surface area contributed by atoms with E-state index in [1.54, 1.807) is 9.47 Å². The third-order valence-corrected chi connectivity index (χ3v) is 5.45. The fraction of sp³-hybridized carbons (Fsp3) is 0.545. The Labute approximate surface area is 192 Å². The fourth-order valence-electron chi connectivity index (χ4n) is 3.75. The molecule has 1 aromatic heterocycles. The maximum atomic E-state index is 12.2. The van der Waals surface area contributed by atoms with E-state index in [4.69, 9.17) is 14.2 Å². The number of carbonyl (C=O) groups is 1. The van der Waals surface area contributed by atoms with E-state index in [0.29, 0.717) is 32.7 Å². The molecule has 2 aliphatic rings. The molecule has 11 nitrogen and oxygen atoms in total. The standard InChI is InChI=1S/C22H29N5O6/c1-22(2,3)33-21(28)25-12-10-24(11-13-25)16-4-6-17(7-5-16)31-15-18-8-9-26-14-19(27(29)30)23-20(26)32-18/h4-7,14,18H,8-13,15H2,1-3H3/t18-/m0/s1. The largest absolute Gasteiger partial charge is 0.490 e. The molecule has 1 fully saturated rings. The number of aryl methyl sites for hydroxylation is 1. The fourth-order valence-corrected chi connectivity index (χ4v) is 3.75. The van der Waals surface area contributed by atoms with Crippen LogP contribution in [0.5, 0.6) is 11.8 Å². The maximum Gasteiger partial charge on any atom is 0.414 e. The van der Waals surface area contributed by atoms with Crippen LogP contribution in [-0.4, -0.2) is 70.0 Å². The lowest BCUT2D eigenvalue weighted by molar-refractivity contribution is -0.389. The number of imidazole rings is 1. The number of hydrogen-bond acceptors (Lipinski definition) is 8. The minimum Gasteiger partial charge on any atom is -0.490 e. The van der Waals surface area contributed by atoms with Crippen molar-refractivity contribution in [1.29, 1.82) is 0 Å². The predicted octanol–water partition coefficient (Wildman–Crippen LogP) is 3.08. The normalized spacial score (nSPS) is 18.3. The molecule has 2 aromatic rings. The molecule has 0 saturated carbocycles. The molecule has 0 aliphatic carbocycles. The highest BCUT2D eigenvalue weighted by Crippen LogP contribution is 2.26. The zero-order valence-electron chi connectivity index (χ0n) is 19.1. The van der Waals surface area contributed by atoms with Crippen LogP contribution in [0.1, 0.15) is 27.2 Å². The highest BCUT2D eigenvalue weighted by Gasteiger charge is 2.29. The zero-order valence-corrected chi connectivity index (χ0v) is 19.1. The number of nitro groups is 1. The van der Waals surface area contributed by atoms with E-state index in [9.17, 15) is 14.9 Å². The van der Waals surface area contributed by atoms with Crippen molar-refractivity contribution in [3.05, 3.63) is 40.6 Å². The molecule has 178 valence electrons. The Morgan fingerprint density at radius 1 is 1.18 bits per heavy atom. The highest BCUT2D eigenvalue weighted by atomic mass is 16.6. The van der Waals surface area contributed by atoms with E-state index in [1.807, 2.05) is 45.0 Å². The summed E-state index contributed by atoms with van der Waals surface area (Å²) in [5.41, 5.74) is 0.570. The summed E-state index contributed by atoms with van der Waals surface area (Å²) in [6, 6.07) is 8.06. The molecule has 0 radical (unpaired) electrons. The second kappa shape index (κ2) is 9.16. The first-order valence-corrected chi connectivity index (χ1v) is 11.0. The van der Waals surface area contributed by atoms with Crippen molar-refractivity contribution >= 4 is 17.6 Å². The summed E-state index contributed by atoms with van der Waals surface area (Å²) in [5, 5.41) is 10.9. The molecule has 4 rings (SSSR count). The average molecular weight is 460 g/mol. The number of aromatic nitrogens is 2. The Morgan fingerprint density at radius 3 is 2.52 bits per heavy atom. The summed E-state index contributed by atoms with van der Waals surface area (Å²) >= 11 is 0. The van der Waals surface area contributed by atoms with Crippen molar-refractivity contribution in [1.82, 2.24) is 14.5 Å². The number of nitrogens with zero attached hydrogens (tertiary/aromatic N) is 5. The van der Waals surface area contributed by atoms with E-state index >= 15 is 0 Å². The van der Waals surface area contributed by atoms with Gasteiger partial charge in [-0.2, -0.15) is 0 Å². The van der Waals surface area contributed by atoms with Crippen molar-refractivity contribution in [3.8, 4) is 11.8 Å². The Morgan fingerprint density at radius 2 is 1.88 bits per heavy atom. The highest BCUT2D eigenvalue weighted by molar-refractivity contribution is 5.68. The van der Waals surface area contributed by atoms with E-state index in [2.05, 4.69) is 9.88 Å². The van der Waals surface area contributed by atoms with Crippen LogP contribution in [0.2, 0.25) is 0 Å². The molecule has 1 amide bonds. The van der Waals surface area contributed by atoms with Crippen LogP contribution in [-0.2, 0) is 11.3 Å². The van der Waals surface area contributed by atoms with E-state index in [-0.39, 0.29) is 24.0 Å². The number of ether oxygens (including phenoxy) is 3. The van der Waals surface area contributed by atoms with Gasteiger partial charge in [-0.15, -0.1) is 0 Å². The summed E-state index contributed by atoms with van der Waals surface area (Å²) in [7, 11) is 0. The second-order valence-corrected chi connectivity index (χ2v) is 9.12. The van der Waals surface area contributed by atoms with Crippen LogP contribution < -0.4 is 14.4 Å². The van der Waals surface area contributed by atoms with Crippen molar-refractivity contribution in [2.45, 2.75) is 45.4 Å². The van der Waals surface area contributed by atoms with Crippen molar-refractivity contribution < 1.29 is 23.9 Å². The van der Waals surface area contributed by atoms with Gasteiger partial charge in [-0.3, -0.25) is 4.57 Å². The van der Waals surface area contributed by atoms with Crippen LogP contribution in [0.25, 0.3) is 0 Å². The van der Waals surface area contributed by atoms with Crippen LogP contribution >= 0.6 is 0 Å². The summed E-state index contributed by atoms with van der Waals surface area (Å²) in [4.78, 5) is 30.4. The predicted molar refractivity (Wildman–Crippen MR) is 120 cm³/mol. The number of rotatable bonds is 5. The molecule has 1 atom stereocenters. The molecular formula is C22H29N5O6. The lowest BCUT2D eigenvalue weighted by Gasteiger charge is -2.36. The average Bonchev–Trinajstić information content (AvgIpc) is 3.21. The summed E-state index contributed by atoms with van der Waals surface area (Å²) in [6.45, 7) is 9.21. The monoisotopic (exact) mass is 459 g/mol. The van der Waals surface area contributed by atoms with Crippen LogP contribution in [0, 0.1) is 10.1 Å². The molecule has 1 aromatic carbocycles. The number of benzene rings is 1. The number of amides is 1. The lowest BCUT2D eigenvalue weighted by atomic mass is 10.2. The first-order chi connectivity index (χ1) is 15.7. The first kappa shape index (κ1) is 22.7. The Kier molecular flexibility index (Phi) is 6.30. The van der Waals surface area contributed by atoms with Gasteiger partial charge in [-0.25, -0.2) is 4.79 Å². The number of carbonyl (C=O) groups excluding carboxylic acids is 1. The molecule has 1 saturated heterocycles. The molecule has 2 aliphatic heterocycles. The number of piperazine rings is 1.